The Labute approximate surface area is 106 Å². The summed E-state index contributed by atoms with van der Waals surface area (Å²) < 4.78 is 0. The van der Waals surface area contributed by atoms with Crippen LogP contribution in [0.15, 0.2) is 35.1 Å². The molecule has 18 heavy (non-hydrogen) atoms. The molecule has 3 N–H and O–H groups in total. The van der Waals surface area contributed by atoms with Crippen LogP contribution < -0.4 is 4.90 Å². The second-order valence-corrected chi connectivity index (χ2v) is 4.98. The van der Waals surface area contributed by atoms with E-state index in [1.807, 2.05) is 18.2 Å². The number of para-hydroxylation sites is 1. The predicted molar refractivity (Wildman–Crippen MR) is 68.7 cm³/mol. The number of allylic oxidation sites excluding steroid dienone is 1. The number of hydrogen-bond donors (Lipinski definition) is 3. The lowest BCUT2D eigenvalue weighted by atomic mass is 9.83. The smallest absolute Gasteiger partial charge is 0.157 e. The van der Waals surface area contributed by atoms with Crippen molar-refractivity contribution in [1.82, 2.24) is 0 Å². The van der Waals surface area contributed by atoms with Crippen LogP contribution in [0.25, 0.3) is 6.08 Å². The number of quaternary nitrogens is 1. The minimum absolute atomic E-state index is 0.268. The Hall–Kier alpha value is -1.81. The van der Waals surface area contributed by atoms with Crippen molar-refractivity contribution in [3.63, 3.8) is 0 Å². The fourth-order valence-electron chi connectivity index (χ4n) is 2.99. The third-order valence-electron chi connectivity index (χ3n) is 3.98. The molecule has 3 heterocycles. The summed E-state index contributed by atoms with van der Waals surface area (Å²) in [6.07, 6.45) is 4.13. The Balaban J connectivity index is 2.02. The molecular weight excluding hydrogens is 228 g/mol. The molecule has 4 heteroatoms. The third-order valence-corrected chi connectivity index (χ3v) is 3.98. The van der Waals surface area contributed by atoms with Crippen molar-refractivity contribution in [3.05, 3.63) is 35.5 Å². The standard InChI is InChI=1S/C14H16N2O2/c17-13-4-2-1-3-11(13)9-12-14(15-18)10-5-7-16(12)8-6-10/h1-4,9-10,17-18H,5-8H2/p+1/b12-9-,15-14+. The molecule has 2 bridgehead atoms. The normalized spacial score (nSPS) is 31.1. The summed E-state index contributed by atoms with van der Waals surface area (Å²) in [5.41, 5.74) is 2.61. The summed E-state index contributed by atoms with van der Waals surface area (Å²) in [7, 11) is 0. The van der Waals surface area contributed by atoms with Gasteiger partial charge in [0.2, 0.25) is 0 Å². The number of nitrogens with zero attached hydrogens (tertiary/aromatic N) is 1. The van der Waals surface area contributed by atoms with Crippen LogP contribution in [-0.4, -0.2) is 29.1 Å². The maximum Gasteiger partial charge on any atom is 0.157 e. The van der Waals surface area contributed by atoms with Crippen molar-refractivity contribution in [2.75, 3.05) is 13.1 Å². The first kappa shape index (κ1) is 11.3. The Bertz CT molecular complexity index is 514. The van der Waals surface area contributed by atoms with Gasteiger partial charge in [0, 0.05) is 30.4 Å². The van der Waals surface area contributed by atoms with Crippen LogP contribution in [0.5, 0.6) is 5.75 Å². The van der Waals surface area contributed by atoms with E-state index in [1.165, 1.54) is 4.90 Å². The lowest BCUT2D eigenvalue weighted by molar-refractivity contribution is -0.865. The summed E-state index contributed by atoms with van der Waals surface area (Å²) in [5, 5.41) is 22.5. The topological polar surface area (TPSA) is 57.3 Å². The number of phenolic OH excluding ortho intramolecular Hbond substituents is 1. The number of oxime groups is 1. The third kappa shape index (κ3) is 1.78. The van der Waals surface area contributed by atoms with Crippen LogP contribution >= 0.6 is 0 Å². The monoisotopic (exact) mass is 245 g/mol. The lowest BCUT2D eigenvalue weighted by Gasteiger charge is -2.37. The number of nitrogens with one attached hydrogen (secondary N) is 1. The summed E-state index contributed by atoms with van der Waals surface area (Å²) >= 11 is 0. The molecule has 0 unspecified atom stereocenters. The van der Waals surface area contributed by atoms with Crippen LogP contribution in [0, 0.1) is 5.92 Å². The van der Waals surface area contributed by atoms with Gasteiger partial charge < -0.3 is 15.2 Å². The van der Waals surface area contributed by atoms with Crippen LogP contribution in [0.2, 0.25) is 0 Å². The molecule has 4 rings (SSSR count). The number of aromatic hydroxyl groups is 1. The second kappa shape index (κ2) is 4.46. The zero-order chi connectivity index (χ0) is 12.5. The molecule has 3 fully saturated rings. The first-order valence-corrected chi connectivity index (χ1v) is 6.36. The molecule has 3 aliphatic heterocycles. The van der Waals surface area contributed by atoms with E-state index in [-0.39, 0.29) is 5.75 Å². The van der Waals surface area contributed by atoms with Gasteiger partial charge in [-0.1, -0.05) is 23.4 Å². The highest BCUT2D eigenvalue weighted by Gasteiger charge is 2.39. The van der Waals surface area contributed by atoms with E-state index in [2.05, 4.69) is 5.16 Å². The molecule has 0 aromatic heterocycles. The van der Waals surface area contributed by atoms with E-state index < -0.39 is 0 Å². The van der Waals surface area contributed by atoms with Gasteiger partial charge in [0.1, 0.15) is 11.5 Å². The molecule has 0 atom stereocenters. The van der Waals surface area contributed by atoms with Gasteiger partial charge in [-0.3, -0.25) is 0 Å². The molecule has 0 radical (unpaired) electrons. The number of fused-ring (bicyclic) bond motifs is 3. The summed E-state index contributed by atoms with van der Waals surface area (Å²) in [5.74, 6) is 0.647. The molecule has 3 saturated heterocycles. The van der Waals surface area contributed by atoms with E-state index >= 15 is 0 Å². The van der Waals surface area contributed by atoms with E-state index in [0.29, 0.717) is 5.92 Å². The number of hydrogen-bond acceptors (Lipinski definition) is 3. The fraction of sp³-hybridized carbons (Fsp3) is 0.357. The van der Waals surface area contributed by atoms with E-state index in [9.17, 15) is 10.3 Å². The van der Waals surface area contributed by atoms with Gasteiger partial charge in [0.15, 0.2) is 5.70 Å². The zero-order valence-corrected chi connectivity index (χ0v) is 10.1. The molecule has 1 aromatic carbocycles. The summed E-state index contributed by atoms with van der Waals surface area (Å²) in [4.78, 5) is 1.36. The zero-order valence-electron chi connectivity index (χ0n) is 10.1. The molecule has 3 aliphatic rings. The molecule has 0 saturated carbocycles. The van der Waals surface area contributed by atoms with Crippen LogP contribution in [-0.2, 0) is 0 Å². The van der Waals surface area contributed by atoms with Crippen molar-refractivity contribution in [2.24, 2.45) is 11.1 Å². The molecule has 0 spiro atoms. The van der Waals surface area contributed by atoms with E-state index in [1.54, 1.807) is 12.1 Å². The average Bonchev–Trinajstić information content (AvgIpc) is 2.42. The Morgan fingerprint density at radius 1 is 1.22 bits per heavy atom. The highest BCUT2D eigenvalue weighted by atomic mass is 16.4. The van der Waals surface area contributed by atoms with Gasteiger partial charge in [-0.2, -0.15) is 0 Å². The first-order chi connectivity index (χ1) is 8.79. The number of piperidine rings is 3. The van der Waals surface area contributed by atoms with Crippen LogP contribution in [0.3, 0.4) is 0 Å². The van der Waals surface area contributed by atoms with Crippen molar-refractivity contribution < 1.29 is 15.2 Å². The summed E-state index contributed by atoms with van der Waals surface area (Å²) in [6.45, 7) is 2.17. The highest BCUT2D eigenvalue weighted by molar-refractivity contribution is 6.03. The summed E-state index contributed by atoms with van der Waals surface area (Å²) in [6, 6.07) is 7.25. The van der Waals surface area contributed by atoms with Gasteiger partial charge in [-0.15, -0.1) is 0 Å². The van der Waals surface area contributed by atoms with Crippen molar-refractivity contribution >= 4 is 11.8 Å². The van der Waals surface area contributed by atoms with Gasteiger partial charge in [-0.25, -0.2) is 0 Å². The Morgan fingerprint density at radius 3 is 2.61 bits per heavy atom. The lowest BCUT2D eigenvalue weighted by Crippen LogP contribution is -3.14. The molecule has 1 aromatic rings. The molecule has 4 nitrogen and oxygen atoms in total. The van der Waals surface area contributed by atoms with Crippen molar-refractivity contribution in [3.8, 4) is 5.75 Å². The van der Waals surface area contributed by atoms with E-state index in [0.717, 1.165) is 42.9 Å². The maximum atomic E-state index is 9.81. The molecule has 0 amide bonds. The predicted octanol–water partition coefficient (Wildman–Crippen LogP) is 0.872. The first-order valence-electron chi connectivity index (χ1n) is 6.36. The SMILES string of the molecule is O/N=C1/C(=C/c2ccccc2O)[NH+]2CCC1CC2. The molecule has 94 valence electrons. The van der Waals surface area contributed by atoms with Crippen molar-refractivity contribution in [1.29, 1.82) is 0 Å². The van der Waals surface area contributed by atoms with Crippen LogP contribution in [0.4, 0.5) is 0 Å². The number of phenols is 1. The number of benzene rings is 1. The quantitative estimate of drug-likeness (QED) is 0.508. The van der Waals surface area contributed by atoms with Gasteiger partial charge in [0.05, 0.1) is 13.1 Å². The van der Waals surface area contributed by atoms with E-state index in [4.69, 9.17) is 0 Å². The fourth-order valence-corrected chi connectivity index (χ4v) is 2.99. The van der Waals surface area contributed by atoms with Crippen molar-refractivity contribution in [2.45, 2.75) is 12.8 Å². The average molecular weight is 245 g/mol. The second-order valence-electron chi connectivity index (χ2n) is 4.98. The number of rotatable bonds is 1. The molecule has 0 aliphatic carbocycles. The van der Waals surface area contributed by atoms with Gasteiger partial charge >= 0.3 is 0 Å². The largest absolute Gasteiger partial charge is 0.507 e. The minimum atomic E-state index is 0.268. The Kier molecular flexibility index (Phi) is 2.80. The maximum absolute atomic E-state index is 9.81. The molecular formula is C14H17N2O2+. The van der Waals surface area contributed by atoms with Gasteiger partial charge in [0.25, 0.3) is 0 Å². The van der Waals surface area contributed by atoms with Gasteiger partial charge in [-0.05, 0) is 6.07 Å². The highest BCUT2D eigenvalue weighted by Crippen LogP contribution is 2.24. The Morgan fingerprint density at radius 2 is 1.94 bits per heavy atom. The minimum Gasteiger partial charge on any atom is -0.507 e. The van der Waals surface area contributed by atoms with Crippen LogP contribution in [0.1, 0.15) is 18.4 Å².